The Morgan fingerprint density at radius 3 is 1.71 bits per heavy atom. The Morgan fingerprint density at radius 2 is 1.65 bits per heavy atom. The molecule has 0 radical (unpaired) electrons. The van der Waals surface area contributed by atoms with Crippen molar-refractivity contribution in [3.63, 3.8) is 0 Å². The van der Waals surface area contributed by atoms with E-state index in [1.54, 1.807) is 6.92 Å². The largest absolute Gasteiger partial charge is 1.00 e. The number of hydrogen-bond acceptors (Lipinski definition) is 8. The molecular weight excluding hydrogens is 363 g/mol. The van der Waals surface area contributed by atoms with Crippen LogP contribution in [0.3, 0.4) is 0 Å². The molecule has 0 aliphatic rings. The summed E-state index contributed by atoms with van der Waals surface area (Å²) >= 11 is 0. The summed E-state index contributed by atoms with van der Waals surface area (Å²) in [6.07, 6.45) is 1.40. The zero-order valence-electron chi connectivity index (χ0n) is 9.16. The van der Waals surface area contributed by atoms with Crippen LogP contribution in [0.25, 0.3) is 0 Å². The fourth-order valence-corrected chi connectivity index (χ4v) is 0.892. The van der Waals surface area contributed by atoms with Crippen LogP contribution in [0.4, 0.5) is 0 Å². The minimum atomic E-state index is -2.79. The Kier molecular flexibility index (Phi) is 37.9. The standard InChI is InChI=1S/C5H10O2S.Ag.NO3.HNO2.Na/c1-3-5-8(6,7)4-2;;2-1(3)4;2-1-3;/h3H,1,4-5H2,2H3;;;(H,2,3);/q;+1;-1;;+1/p-1. The quantitative estimate of drug-likeness (QED) is 0.176. The van der Waals surface area contributed by atoms with Gasteiger partial charge in [-0.25, -0.2) is 8.42 Å². The first-order chi connectivity index (χ1) is 6.77. The normalized spacial score (nSPS) is 7.35. The number of hydrogen-bond donors (Lipinski definition) is 0. The Balaban J connectivity index is -0.0000000461. The minimum Gasteiger partial charge on any atom is -0.444 e. The molecule has 0 aromatic heterocycles. The molecular formula is C5H10AgN2NaO7S. The van der Waals surface area contributed by atoms with E-state index in [4.69, 9.17) is 25.4 Å². The second-order valence-electron chi connectivity index (χ2n) is 1.79. The van der Waals surface area contributed by atoms with Gasteiger partial charge in [-0.2, -0.15) is 0 Å². The van der Waals surface area contributed by atoms with E-state index in [0.29, 0.717) is 0 Å². The molecule has 0 unspecified atom stereocenters. The molecule has 0 bridgehead atoms. The van der Waals surface area contributed by atoms with Gasteiger partial charge in [-0.15, -0.1) is 11.9 Å². The van der Waals surface area contributed by atoms with Crippen molar-refractivity contribution >= 4 is 9.84 Å². The number of rotatable bonds is 3. The monoisotopic (exact) mass is 372 g/mol. The van der Waals surface area contributed by atoms with Crippen LogP contribution in [-0.2, 0) is 32.2 Å². The van der Waals surface area contributed by atoms with Gasteiger partial charge in [0.25, 0.3) is 0 Å². The summed E-state index contributed by atoms with van der Waals surface area (Å²) in [4.78, 5) is 16.2. The van der Waals surface area contributed by atoms with E-state index in [0.717, 1.165) is 5.34 Å². The van der Waals surface area contributed by atoms with Crippen LogP contribution in [0.2, 0.25) is 0 Å². The van der Waals surface area contributed by atoms with Gasteiger partial charge in [0.05, 0.1) is 10.8 Å². The average Bonchev–Trinajstić information content (AvgIpc) is 2.04. The fourth-order valence-electron chi connectivity index (χ4n) is 0.297. The van der Waals surface area contributed by atoms with Gasteiger partial charge in [-0.3, -0.25) is 0 Å². The molecule has 12 heteroatoms. The van der Waals surface area contributed by atoms with Crippen LogP contribution < -0.4 is 29.6 Å². The third-order valence-corrected chi connectivity index (χ3v) is 2.43. The van der Waals surface area contributed by atoms with Crippen LogP contribution in [-0.4, -0.2) is 25.0 Å². The van der Waals surface area contributed by atoms with Crippen molar-refractivity contribution in [1.82, 2.24) is 0 Å². The first-order valence-electron chi connectivity index (χ1n) is 3.35. The molecule has 0 rings (SSSR count). The first-order valence-corrected chi connectivity index (χ1v) is 5.17. The molecule has 0 N–H and O–H groups in total. The number of sulfone groups is 1. The minimum absolute atomic E-state index is 0. The van der Waals surface area contributed by atoms with Crippen molar-refractivity contribution in [2.24, 2.45) is 5.34 Å². The van der Waals surface area contributed by atoms with Crippen LogP contribution in [0, 0.1) is 25.4 Å². The molecule has 0 atom stereocenters. The molecule has 100 valence electrons. The topological polar surface area (TPSA) is 153 Å². The maximum Gasteiger partial charge on any atom is 1.00 e. The summed E-state index contributed by atoms with van der Waals surface area (Å²) in [5.41, 5.74) is 0. The van der Waals surface area contributed by atoms with E-state index in [9.17, 15) is 8.42 Å². The molecule has 0 aromatic carbocycles. The van der Waals surface area contributed by atoms with Gasteiger partial charge in [0.2, 0.25) is 0 Å². The average molecular weight is 373 g/mol. The van der Waals surface area contributed by atoms with Crippen LogP contribution in [0.15, 0.2) is 18.0 Å². The van der Waals surface area contributed by atoms with Crippen molar-refractivity contribution in [2.75, 3.05) is 11.5 Å². The SMILES string of the molecule is C=CCS(=O)(=O)CC.O=N[O-].O=[N+]([O-])[O-].[Ag+].[Na+]. The predicted octanol–water partition coefficient (Wildman–Crippen LogP) is -2.38. The summed E-state index contributed by atoms with van der Waals surface area (Å²) in [6, 6.07) is 0. The van der Waals surface area contributed by atoms with Gasteiger partial charge >= 0.3 is 51.9 Å². The predicted molar refractivity (Wildman–Crippen MR) is 54.0 cm³/mol. The van der Waals surface area contributed by atoms with Crippen LogP contribution in [0.5, 0.6) is 0 Å². The van der Waals surface area contributed by atoms with E-state index in [1.165, 1.54) is 6.08 Å². The molecule has 0 heterocycles. The maximum absolute atomic E-state index is 10.5. The maximum atomic E-state index is 10.5. The molecule has 0 aliphatic carbocycles. The Morgan fingerprint density at radius 1 is 1.41 bits per heavy atom. The van der Waals surface area contributed by atoms with E-state index >= 15 is 0 Å². The second kappa shape index (κ2) is 21.3. The van der Waals surface area contributed by atoms with Crippen LogP contribution >= 0.6 is 0 Å². The van der Waals surface area contributed by atoms with E-state index < -0.39 is 14.9 Å². The summed E-state index contributed by atoms with van der Waals surface area (Å²) in [7, 11) is -2.79. The molecule has 9 nitrogen and oxygen atoms in total. The Labute approximate surface area is 136 Å². The van der Waals surface area contributed by atoms with Gasteiger partial charge in [-0.05, 0) is 0 Å². The second-order valence-corrected chi connectivity index (χ2v) is 4.18. The van der Waals surface area contributed by atoms with Crippen molar-refractivity contribution in [1.29, 1.82) is 0 Å². The molecule has 0 aromatic rings. The van der Waals surface area contributed by atoms with Gasteiger partial charge in [0.1, 0.15) is 0 Å². The third kappa shape index (κ3) is 63.8. The van der Waals surface area contributed by atoms with Crippen molar-refractivity contribution in [3.05, 3.63) is 38.1 Å². The molecule has 0 fully saturated rings. The summed E-state index contributed by atoms with van der Waals surface area (Å²) < 4.78 is 21.1. The molecule has 0 saturated heterocycles. The van der Waals surface area contributed by atoms with E-state index in [1.807, 2.05) is 0 Å². The van der Waals surface area contributed by atoms with Gasteiger partial charge in [0, 0.05) is 5.75 Å². The van der Waals surface area contributed by atoms with Gasteiger partial charge in [0.15, 0.2) is 9.84 Å². The zero-order valence-corrected chi connectivity index (χ0v) is 13.5. The molecule has 0 saturated carbocycles. The fraction of sp³-hybridized carbons (Fsp3) is 0.600. The van der Waals surface area contributed by atoms with Gasteiger partial charge < -0.3 is 25.4 Å². The van der Waals surface area contributed by atoms with Gasteiger partial charge in [-0.1, -0.05) is 13.0 Å². The summed E-state index contributed by atoms with van der Waals surface area (Å²) in [5, 5.41) is 23.8. The molecule has 0 aliphatic heterocycles. The Bertz CT molecular complexity index is 280. The first kappa shape index (κ1) is 30.2. The van der Waals surface area contributed by atoms with E-state index in [-0.39, 0.29) is 63.4 Å². The number of nitrogens with zero attached hydrogens (tertiary/aromatic N) is 2. The molecule has 0 amide bonds. The van der Waals surface area contributed by atoms with Crippen LogP contribution in [0.1, 0.15) is 6.92 Å². The molecule has 17 heavy (non-hydrogen) atoms. The zero-order chi connectivity index (χ0) is 12.9. The van der Waals surface area contributed by atoms with Crippen molar-refractivity contribution in [3.8, 4) is 0 Å². The van der Waals surface area contributed by atoms with E-state index in [2.05, 4.69) is 6.58 Å². The molecule has 0 spiro atoms. The smallest absolute Gasteiger partial charge is 0.444 e. The third-order valence-electron chi connectivity index (χ3n) is 0.812. The summed E-state index contributed by atoms with van der Waals surface area (Å²) in [6.45, 7) is 4.94. The van der Waals surface area contributed by atoms with Crippen molar-refractivity contribution < 1.29 is 65.4 Å². The Hall–Kier alpha value is 0.0303. The summed E-state index contributed by atoms with van der Waals surface area (Å²) in [5.74, 6) is 0.308. The van der Waals surface area contributed by atoms with Crippen molar-refractivity contribution in [2.45, 2.75) is 6.92 Å².